The lowest BCUT2D eigenvalue weighted by molar-refractivity contribution is -0.156. The molecule has 0 saturated carbocycles. The maximum Gasteiger partial charge on any atom is 0.377 e. The van der Waals surface area contributed by atoms with Gasteiger partial charge in [0.2, 0.25) is 11.8 Å². The minimum Gasteiger partial charge on any atom is -0.455 e. The number of thioether (sulfide) groups is 1. The highest BCUT2D eigenvalue weighted by atomic mass is 32.2. The van der Waals surface area contributed by atoms with Gasteiger partial charge in [-0.2, -0.15) is 11.8 Å². The molecule has 0 bridgehead atoms. The molecule has 31 heavy (non-hydrogen) atoms. The Hall–Kier alpha value is -2.43. The first-order chi connectivity index (χ1) is 14.9. The van der Waals surface area contributed by atoms with Crippen molar-refractivity contribution in [2.24, 2.45) is 11.5 Å². The number of nitrogens with two attached hydrogens (primary N) is 2. The molecule has 6 N–H and O–H groups in total. The smallest absolute Gasteiger partial charge is 0.377 e. The van der Waals surface area contributed by atoms with Crippen molar-refractivity contribution in [3.05, 3.63) is 35.9 Å². The largest absolute Gasteiger partial charge is 0.455 e. The molecule has 10 heteroatoms. The van der Waals surface area contributed by atoms with Crippen LogP contribution in [0.15, 0.2) is 30.3 Å². The zero-order valence-electron chi connectivity index (χ0n) is 17.8. The summed E-state index contributed by atoms with van der Waals surface area (Å²) in [6, 6.07) is 7.19. The van der Waals surface area contributed by atoms with E-state index in [1.165, 1.54) is 0 Å². The molecular formula is C21H32N4O5S. The summed E-state index contributed by atoms with van der Waals surface area (Å²) >= 11 is 1.57. The first kappa shape index (κ1) is 26.6. The summed E-state index contributed by atoms with van der Waals surface area (Å²) in [5.41, 5.74) is 12.0. The molecule has 0 fully saturated rings. The molecule has 0 aliphatic heterocycles. The lowest BCUT2D eigenvalue weighted by Gasteiger charge is -2.18. The Labute approximate surface area is 187 Å². The van der Waals surface area contributed by atoms with Crippen molar-refractivity contribution in [3.63, 3.8) is 0 Å². The number of ketones is 1. The van der Waals surface area contributed by atoms with E-state index in [0.29, 0.717) is 25.8 Å². The van der Waals surface area contributed by atoms with Crippen LogP contribution in [0.5, 0.6) is 0 Å². The molecule has 0 aliphatic rings. The fourth-order valence-corrected chi connectivity index (χ4v) is 3.11. The molecular weight excluding hydrogens is 420 g/mol. The number of hydrogen-bond donors (Lipinski definition) is 4. The van der Waals surface area contributed by atoms with Gasteiger partial charge < -0.3 is 26.8 Å². The van der Waals surface area contributed by atoms with Gasteiger partial charge in [-0.3, -0.25) is 14.4 Å². The number of hydrogen-bond acceptors (Lipinski definition) is 8. The van der Waals surface area contributed by atoms with E-state index >= 15 is 0 Å². The van der Waals surface area contributed by atoms with Crippen LogP contribution in [-0.4, -0.2) is 60.7 Å². The quantitative estimate of drug-likeness (QED) is 0.166. The monoisotopic (exact) mass is 452 g/mol. The lowest BCUT2D eigenvalue weighted by Crippen LogP contribution is -2.50. The number of nitrogens with one attached hydrogen (secondary N) is 2. The van der Waals surface area contributed by atoms with Crippen LogP contribution in [0.2, 0.25) is 0 Å². The zero-order valence-corrected chi connectivity index (χ0v) is 18.6. The number of rotatable bonds is 15. The van der Waals surface area contributed by atoms with Crippen molar-refractivity contribution < 1.29 is 23.9 Å². The Bertz CT molecular complexity index is 717. The van der Waals surface area contributed by atoms with E-state index in [1.54, 1.807) is 36.0 Å². The second kappa shape index (κ2) is 15.4. The molecule has 1 aromatic rings. The fourth-order valence-electron chi connectivity index (χ4n) is 2.62. The highest BCUT2D eigenvalue weighted by Crippen LogP contribution is 2.06. The fraction of sp³-hybridized carbons (Fsp3) is 0.524. The van der Waals surface area contributed by atoms with Crippen molar-refractivity contribution in [2.75, 3.05) is 25.1 Å². The van der Waals surface area contributed by atoms with E-state index in [2.05, 4.69) is 10.6 Å². The topological polar surface area (TPSA) is 154 Å². The Morgan fingerprint density at radius 2 is 1.81 bits per heavy atom. The number of unbranched alkanes of at least 4 members (excludes halogenated alkanes) is 1. The van der Waals surface area contributed by atoms with Gasteiger partial charge in [0.05, 0.1) is 18.6 Å². The van der Waals surface area contributed by atoms with Gasteiger partial charge in [-0.15, -0.1) is 0 Å². The molecule has 1 rings (SSSR count). The van der Waals surface area contributed by atoms with Crippen LogP contribution in [0.4, 0.5) is 0 Å². The average Bonchev–Trinajstić information content (AvgIpc) is 2.78. The number of esters is 1. The van der Waals surface area contributed by atoms with Gasteiger partial charge in [0.25, 0.3) is 5.78 Å². The molecule has 0 aliphatic carbocycles. The van der Waals surface area contributed by atoms with E-state index in [1.807, 2.05) is 12.3 Å². The summed E-state index contributed by atoms with van der Waals surface area (Å²) in [4.78, 5) is 48.9. The molecule has 9 nitrogen and oxygen atoms in total. The van der Waals surface area contributed by atoms with Crippen LogP contribution in [0.25, 0.3) is 0 Å². The SMILES string of the molecule is CSCC[C@H](N)C(=O)NCC(=O)N[C@@H](CCCCN)C(=O)C(=O)OCc1ccccc1. The van der Waals surface area contributed by atoms with Gasteiger partial charge >= 0.3 is 5.97 Å². The third kappa shape index (κ3) is 11.0. The maximum atomic E-state index is 12.5. The number of amides is 2. The van der Waals surface area contributed by atoms with Gasteiger partial charge in [-0.25, -0.2) is 4.79 Å². The third-order valence-corrected chi connectivity index (χ3v) is 5.05. The number of ether oxygens (including phenoxy) is 1. The van der Waals surface area contributed by atoms with Gasteiger partial charge in [-0.05, 0) is 49.8 Å². The first-order valence-corrected chi connectivity index (χ1v) is 11.5. The second-order valence-corrected chi connectivity index (χ2v) is 7.92. The summed E-state index contributed by atoms with van der Waals surface area (Å²) < 4.78 is 5.07. The molecule has 0 aromatic heterocycles. The van der Waals surface area contributed by atoms with Crippen molar-refractivity contribution in [3.8, 4) is 0 Å². The molecule has 1 aromatic carbocycles. The van der Waals surface area contributed by atoms with E-state index in [-0.39, 0.29) is 19.6 Å². The average molecular weight is 453 g/mol. The second-order valence-electron chi connectivity index (χ2n) is 6.94. The third-order valence-electron chi connectivity index (χ3n) is 4.41. The molecule has 0 heterocycles. The minimum absolute atomic E-state index is 0.0428. The maximum absolute atomic E-state index is 12.5. The molecule has 172 valence electrons. The number of carbonyl (C=O) groups excluding carboxylic acids is 4. The van der Waals surface area contributed by atoms with Crippen molar-refractivity contribution >= 4 is 35.3 Å². The van der Waals surface area contributed by atoms with E-state index < -0.39 is 35.7 Å². The van der Waals surface area contributed by atoms with Crippen LogP contribution in [0.1, 0.15) is 31.2 Å². The molecule has 2 atom stereocenters. The van der Waals surface area contributed by atoms with Gasteiger partial charge in [0, 0.05) is 0 Å². The Kier molecular flexibility index (Phi) is 13.2. The van der Waals surface area contributed by atoms with Crippen LogP contribution in [-0.2, 0) is 30.5 Å². The number of Topliss-reactive ketones (excluding diaryl/α,β-unsaturated/α-hetero) is 1. The lowest BCUT2D eigenvalue weighted by atomic mass is 10.0. The molecule has 0 saturated heterocycles. The first-order valence-electron chi connectivity index (χ1n) is 10.2. The molecule has 0 unspecified atom stereocenters. The summed E-state index contributed by atoms with van der Waals surface area (Å²) in [6.45, 7) is 0.0434. The van der Waals surface area contributed by atoms with Gasteiger partial charge in [-0.1, -0.05) is 30.3 Å². The van der Waals surface area contributed by atoms with Crippen LogP contribution in [0.3, 0.4) is 0 Å². The predicted octanol–water partition coefficient (Wildman–Crippen LogP) is 0.109. The highest BCUT2D eigenvalue weighted by molar-refractivity contribution is 7.98. The van der Waals surface area contributed by atoms with Crippen LogP contribution < -0.4 is 22.1 Å². The summed E-state index contributed by atoms with van der Waals surface area (Å²) in [7, 11) is 0. The van der Waals surface area contributed by atoms with Crippen molar-refractivity contribution in [1.82, 2.24) is 10.6 Å². The summed E-state index contributed by atoms with van der Waals surface area (Å²) in [5.74, 6) is -2.18. The highest BCUT2D eigenvalue weighted by Gasteiger charge is 2.28. The van der Waals surface area contributed by atoms with Crippen molar-refractivity contribution in [1.29, 1.82) is 0 Å². The van der Waals surface area contributed by atoms with Crippen molar-refractivity contribution in [2.45, 2.75) is 44.4 Å². The Morgan fingerprint density at radius 1 is 1.10 bits per heavy atom. The van der Waals surface area contributed by atoms with Gasteiger partial charge in [0.1, 0.15) is 6.61 Å². The van der Waals surface area contributed by atoms with Crippen LogP contribution >= 0.6 is 11.8 Å². The standard InChI is InChI=1S/C21H32N4O5S/c1-31-12-10-16(23)20(28)24-13-18(26)25-17(9-5-6-11-22)19(27)21(29)30-14-15-7-3-2-4-8-15/h2-4,7-8,16-17H,5-6,9-14,22-23H2,1H3,(H,24,28)(H,25,26)/t16-,17-/m0/s1. The normalized spacial score (nSPS) is 12.5. The van der Waals surface area contributed by atoms with Crippen LogP contribution in [0, 0.1) is 0 Å². The zero-order chi connectivity index (χ0) is 23.1. The number of carbonyl (C=O) groups is 4. The molecule has 0 spiro atoms. The van der Waals surface area contributed by atoms with E-state index in [0.717, 1.165) is 11.3 Å². The van der Waals surface area contributed by atoms with E-state index in [9.17, 15) is 19.2 Å². The van der Waals surface area contributed by atoms with E-state index in [4.69, 9.17) is 16.2 Å². The molecule has 2 amide bonds. The minimum atomic E-state index is -1.05. The summed E-state index contributed by atoms with van der Waals surface area (Å²) in [6.07, 6.45) is 3.82. The van der Waals surface area contributed by atoms with Gasteiger partial charge in [0.15, 0.2) is 0 Å². The Morgan fingerprint density at radius 3 is 2.45 bits per heavy atom. The molecule has 0 radical (unpaired) electrons. The predicted molar refractivity (Wildman–Crippen MR) is 120 cm³/mol. The summed E-state index contributed by atoms with van der Waals surface area (Å²) in [5, 5.41) is 4.95. The Balaban J connectivity index is 2.59. The number of benzene rings is 1.